The highest BCUT2D eigenvalue weighted by molar-refractivity contribution is 9.11. The lowest BCUT2D eigenvalue weighted by Gasteiger charge is -2.24. The third-order valence-corrected chi connectivity index (χ3v) is 3.51. The molecule has 0 atom stereocenters. The second-order valence-electron chi connectivity index (χ2n) is 4.41. The second kappa shape index (κ2) is 5.82. The van der Waals surface area contributed by atoms with Crippen molar-refractivity contribution in [2.75, 3.05) is 0 Å². The van der Waals surface area contributed by atoms with Gasteiger partial charge in [-0.1, -0.05) is 0 Å². The van der Waals surface area contributed by atoms with E-state index >= 15 is 0 Å². The van der Waals surface area contributed by atoms with Crippen LogP contribution < -0.4 is 5.32 Å². The van der Waals surface area contributed by atoms with Gasteiger partial charge in [-0.05, 0) is 70.2 Å². The zero-order valence-corrected chi connectivity index (χ0v) is 12.8. The van der Waals surface area contributed by atoms with Crippen LogP contribution in [0.2, 0.25) is 0 Å². The van der Waals surface area contributed by atoms with E-state index in [2.05, 4.69) is 42.2 Å². The molecule has 1 aromatic heterocycles. The van der Waals surface area contributed by atoms with Gasteiger partial charge in [-0.2, -0.15) is 0 Å². The van der Waals surface area contributed by atoms with Crippen LogP contribution in [-0.2, 0) is 6.42 Å². The molecular weight excluding hydrogens is 352 g/mol. The standard InChI is InChI=1S/C11H14Br2N2O2/c1-11(2,15-10(16)17)4-3-7-5-9(13)14-6-8(7)12/h5-6,15H,3-4H2,1-2H3,(H,16,17). The van der Waals surface area contributed by atoms with Crippen LogP contribution in [0.5, 0.6) is 0 Å². The van der Waals surface area contributed by atoms with Crippen LogP contribution in [-0.4, -0.2) is 21.7 Å². The lowest BCUT2D eigenvalue weighted by atomic mass is 9.96. The normalized spacial score (nSPS) is 11.3. The number of nitrogens with one attached hydrogen (secondary N) is 1. The number of hydrogen-bond acceptors (Lipinski definition) is 2. The summed E-state index contributed by atoms with van der Waals surface area (Å²) in [6.45, 7) is 3.73. The quantitative estimate of drug-likeness (QED) is 0.801. The molecule has 0 saturated carbocycles. The summed E-state index contributed by atoms with van der Waals surface area (Å²) < 4.78 is 1.71. The van der Waals surface area contributed by atoms with Crippen LogP contribution in [0, 0.1) is 0 Å². The van der Waals surface area contributed by atoms with Gasteiger partial charge >= 0.3 is 6.09 Å². The van der Waals surface area contributed by atoms with E-state index in [1.54, 1.807) is 6.20 Å². The smallest absolute Gasteiger partial charge is 0.405 e. The Morgan fingerprint density at radius 2 is 2.18 bits per heavy atom. The van der Waals surface area contributed by atoms with Gasteiger partial charge in [0.15, 0.2) is 0 Å². The van der Waals surface area contributed by atoms with Gasteiger partial charge in [0.2, 0.25) is 0 Å². The highest BCUT2D eigenvalue weighted by Crippen LogP contribution is 2.22. The summed E-state index contributed by atoms with van der Waals surface area (Å²) in [5.41, 5.74) is 0.660. The first kappa shape index (κ1) is 14.4. The van der Waals surface area contributed by atoms with E-state index < -0.39 is 11.6 Å². The maximum atomic E-state index is 10.6. The number of rotatable bonds is 4. The second-order valence-corrected chi connectivity index (χ2v) is 6.08. The van der Waals surface area contributed by atoms with E-state index in [1.165, 1.54) is 0 Å². The summed E-state index contributed by atoms with van der Waals surface area (Å²) in [5.74, 6) is 0. The van der Waals surface area contributed by atoms with Gasteiger partial charge in [-0.15, -0.1) is 0 Å². The van der Waals surface area contributed by atoms with Crippen molar-refractivity contribution in [2.45, 2.75) is 32.2 Å². The van der Waals surface area contributed by atoms with Gasteiger partial charge in [0.05, 0.1) is 0 Å². The fourth-order valence-electron chi connectivity index (χ4n) is 1.44. The first-order valence-electron chi connectivity index (χ1n) is 5.11. The molecule has 0 aromatic carbocycles. The van der Waals surface area contributed by atoms with Crippen molar-refractivity contribution < 1.29 is 9.90 Å². The predicted molar refractivity (Wildman–Crippen MR) is 73.2 cm³/mol. The lowest BCUT2D eigenvalue weighted by Crippen LogP contribution is -2.42. The van der Waals surface area contributed by atoms with Crippen molar-refractivity contribution in [3.8, 4) is 0 Å². The zero-order chi connectivity index (χ0) is 13.1. The molecule has 4 nitrogen and oxygen atoms in total. The minimum atomic E-state index is -0.995. The van der Waals surface area contributed by atoms with Crippen LogP contribution in [0.15, 0.2) is 21.3 Å². The summed E-state index contributed by atoms with van der Waals surface area (Å²) >= 11 is 6.74. The summed E-state index contributed by atoms with van der Waals surface area (Å²) in [6.07, 6.45) is 2.23. The molecule has 17 heavy (non-hydrogen) atoms. The number of carboxylic acid groups (broad SMARTS) is 1. The zero-order valence-electron chi connectivity index (χ0n) is 9.63. The molecule has 94 valence electrons. The number of amides is 1. The molecular formula is C11H14Br2N2O2. The molecule has 1 aromatic rings. The molecule has 0 aliphatic carbocycles. The van der Waals surface area contributed by atoms with E-state index in [9.17, 15) is 4.79 Å². The van der Waals surface area contributed by atoms with Gasteiger partial charge in [-0.25, -0.2) is 9.78 Å². The molecule has 0 radical (unpaired) electrons. The Kier molecular flexibility index (Phi) is 4.94. The number of carbonyl (C=O) groups is 1. The molecule has 1 heterocycles. The molecule has 6 heteroatoms. The number of hydrogen-bond donors (Lipinski definition) is 2. The van der Waals surface area contributed by atoms with E-state index in [-0.39, 0.29) is 0 Å². The van der Waals surface area contributed by atoms with Crippen molar-refractivity contribution in [3.63, 3.8) is 0 Å². The van der Waals surface area contributed by atoms with Crippen LogP contribution in [0.4, 0.5) is 4.79 Å². The fraction of sp³-hybridized carbons (Fsp3) is 0.455. The third kappa shape index (κ3) is 5.04. The molecule has 0 bridgehead atoms. The summed E-state index contributed by atoms with van der Waals surface area (Å²) in [4.78, 5) is 14.7. The van der Waals surface area contributed by atoms with Crippen LogP contribution >= 0.6 is 31.9 Å². The topological polar surface area (TPSA) is 62.2 Å². The molecule has 0 spiro atoms. The van der Waals surface area contributed by atoms with Crippen LogP contribution in [0.1, 0.15) is 25.8 Å². The van der Waals surface area contributed by atoms with Gasteiger partial charge in [0.25, 0.3) is 0 Å². The third-order valence-electron chi connectivity index (χ3n) is 2.37. The van der Waals surface area contributed by atoms with Crippen molar-refractivity contribution in [2.24, 2.45) is 0 Å². The first-order chi connectivity index (χ1) is 7.80. The van der Waals surface area contributed by atoms with E-state index in [4.69, 9.17) is 5.11 Å². The Morgan fingerprint density at radius 1 is 1.53 bits per heavy atom. The maximum Gasteiger partial charge on any atom is 0.405 e. The van der Waals surface area contributed by atoms with Crippen molar-refractivity contribution in [1.29, 1.82) is 0 Å². The average Bonchev–Trinajstić information content (AvgIpc) is 2.17. The van der Waals surface area contributed by atoms with E-state index in [0.717, 1.165) is 21.1 Å². The van der Waals surface area contributed by atoms with Gasteiger partial charge in [-0.3, -0.25) is 0 Å². The largest absolute Gasteiger partial charge is 0.465 e. The molecule has 1 rings (SSSR count). The number of pyridine rings is 1. The molecule has 1 amide bonds. The molecule has 2 N–H and O–H groups in total. The summed E-state index contributed by atoms with van der Waals surface area (Å²) in [7, 11) is 0. The van der Waals surface area contributed by atoms with Crippen molar-refractivity contribution >= 4 is 38.0 Å². The van der Waals surface area contributed by atoms with Crippen molar-refractivity contribution in [1.82, 2.24) is 10.3 Å². The lowest BCUT2D eigenvalue weighted by molar-refractivity contribution is 0.180. The van der Waals surface area contributed by atoms with Gasteiger partial charge in [0.1, 0.15) is 4.60 Å². The Hall–Kier alpha value is -0.620. The Labute approximate surface area is 117 Å². The minimum Gasteiger partial charge on any atom is -0.465 e. The number of aryl methyl sites for hydroxylation is 1. The number of halogens is 2. The van der Waals surface area contributed by atoms with E-state index in [0.29, 0.717) is 6.42 Å². The van der Waals surface area contributed by atoms with Crippen LogP contribution in [0.25, 0.3) is 0 Å². The highest BCUT2D eigenvalue weighted by Gasteiger charge is 2.20. The maximum absolute atomic E-state index is 10.6. The number of nitrogens with zero attached hydrogens (tertiary/aromatic N) is 1. The van der Waals surface area contributed by atoms with E-state index in [1.807, 2.05) is 19.9 Å². The number of aromatic nitrogens is 1. The molecule has 0 unspecified atom stereocenters. The first-order valence-corrected chi connectivity index (χ1v) is 6.70. The molecule has 0 aliphatic rings. The minimum absolute atomic E-state index is 0.443. The highest BCUT2D eigenvalue weighted by atomic mass is 79.9. The molecule has 0 aliphatic heterocycles. The summed E-state index contributed by atoms with van der Waals surface area (Å²) in [5, 5.41) is 11.2. The summed E-state index contributed by atoms with van der Waals surface area (Å²) in [6, 6.07) is 1.93. The molecule has 0 saturated heterocycles. The SMILES string of the molecule is CC(C)(CCc1cc(Br)ncc1Br)NC(=O)O. The van der Waals surface area contributed by atoms with Gasteiger partial charge in [0, 0.05) is 16.2 Å². The van der Waals surface area contributed by atoms with Gasteiger partial charge < -0.3 is 10.4 Å². The van der Waals surface area contributed by atoms with Crippen LogP contribution in [0.3, 0.4) is 0 Å². The predicted octanol–water partition coefficient (Wildman–Crippen LogP) is 3.59. The van der Waals surface area contributed by atoms with Crippen molar-refractivity contribution in [3.05, 3.63) is 26.9 Å². The Morgan fingerprint density at radius 3 is 2.76 bits per heavy atom. The average molecular weight is 366 g/mol. The molecule has 0 fully saturated rings. The Balaban J connectivity index is 2.66. The Bertz CT molecular complexity index is 422. The monoisotopic (exact) mass is 364 g/mol. The fourth-order valence-corrected chi connectivity index (χ4v) is 2.24.